The van der Waals surface area contributed by atoms with Gasteiger partial charge < -0.3 is 10.2 Å². The van der Waals surface area contributed by atoms with Crippen LogP contribution in [0.3, 0.4) is 0 Å². The minimum atomic E-state index is 0.838. The highest BCUT2D eigenvalue weighted by Gasteiger charge is 2.09. The van der Waals surface area contributed by atoms with Crippen LogP contribution in [0.2, 0.25) is 0 Å². The average Bonchev–Trinajstić information content (AvgIpc) is 2.42. The summed E-state index contributed by atoms with van der Waals surface area (Å²) in [6.45, 7) is 1.72. The van der Waals surface area contributed by atoms with Crippen LogP contribution in [0.5, 0.6) is 0 Å². The van der Waals surface area contributed by atoms with Crippen molar-refractivity contribution in [1.29, 1.82) is 0 Å². The monoisotopic (exact) mass is 228 g/mol. The molecule has 0 aliphatic heterocycles. The first-order valence-corrected chi connectivity index (χ1v) is 5.66. The van der Waals surface area contributed by atoms with E-state index in [9.17, 15) is 0 Å². The van der Waals surface area contributed by atoms with Crippen molar-refractivity contribution in [3.05, 3.63) is 48.8 Å². The van der Waals surface area contributed by atoms with Gasteiger partial charge in [0.15, 0.2) is 0 Å². The third-order valence-electron chi connectivity index (χ3n) is 2.44. The lowest BCUT2D eigenvalue weighted by Crippen LogP contribution is -2.28. The zero-order valence-corrected chi connectivity index (χ0v) is 9.87. The van der Waals surface area contributed by atoms with Gasteiger partial charge in [-0.1, -0.05) is 12.1 Å². The van der Waals surface area contributed by atoms with E-state index in [1.54, 1.807) is 12.4 Å². The first-order valence-electron chi connectivity index (χ1n) is 5.66. The quantitative estimate of drug-likeness (QED) is 0.847. The van der Waals surface area contributed by atoms with E-state index >= 15 is 0 Å². The Kier molecular flexibility index (Phi) is 4.05. The van der Waals surface area contributed by atoms with E-state index in [1.165, 1.54) is 0 Å². The normalized spacial score (nSPS) is 10.2. The molecule has 0 unspecified atom stereocenters. The maximum absolute atomic E-state index is 4.37. The molecule has 0 radical (unpaired) electrons. The molecule has 0 fully saturated rings. The Bertz CT molecular complexity index is 390. The highest BCUT2D eigenvalue weighted by molar-refractivity contribution is 5.55. The van der Waals surface area contributed by atoms with Crippen molar-refractivity contribution in [2.45, 2.75) is 0 Å². The minimum Gasteiger partial charge on any atom is -0.318 e. The maximum atomic E-state index is 4.37. The largest absolute Gasteiger partial charge is 0.318 e. The topological polar surface area (TPSA) is 41.0 Å². The summed E-state index contributed by atoms with van der Waals surface area (Å²) < 4.78 is 0. The summed E-state index contributed by atoms with van der Waals surface area (Å²) in [6, 6.07) is 11.8. The molecule has 0 saturated carbocycles. The Balaban J connectivity index is 2.26. The number of anilines is 2. The highest BCUT2D eigenvalue weighted by Crippen LogP contribution is 2.19. The molecular formula is C13H16N4. The molecule has 1 N–H and O–H groups in total. The van der Waals surface area contributed by atoms with Crippen LogP contribution in [0.15, 0.2) is 48.8 Å². The van der Waals surface area contributed by atoms with E-state index in [-0.39, 0.29) is 0 Å². The summed E-state index contributed by atoms with van der Waals surface area (Å²) in [5.74, 6) is 1.84. The van der Waals surface area contributed by atoms with E-state index in [0.29, 0.717) is 0 Å². The molecule has 88 valence electrons. The van der Waals surface area contributed by atoms with Crippen LogP contribution < -0.4 is 10.2 Å². The van der Waals surface area contributed by atoms with Crippen LogP contribution in [-0.2, 0) is 0 Å². The third-order valence-corrected chi connectivity index (χ3v) is 2.44. The van der Waals surface area contributed by atoms with Gasteiger partial charge in [0.25, 0.3) is 0 Å². The zero-order valence-electron chi connectivity index (χ0n) is 9.87. The molecule has 0 amide bonds. The van der Waals surface area contributed by atoms with E-state index in [0.717, 1.165) is 24.7 Å². The SMILES string of the molecule is CNCCN(c1ccccn1)c1ccccn1. The Labute approximate surface area is 101 Å². The summed E-state index contributed by atoms with van der Waals surface area (Å²) in [4.78, 5) is 10.8. The second kappa shape index (κ2) is 5.96. The second-order valence-electron chi connectivity index (χ2n) is 3.63. The molecule has 0 spiro atoms. The predicted molar refractivity (Wildman–Crippen MR) is 69.4 cm³/mol. The fourth-order valence-electron chi connectivity index (χ4n) is 1.60. The molecule has 0 aliphatic rings. The van der Waals surface area contributed by atoms with Crippen molar-refractivity contribution in [3.63, 3.8) is 0 Å². The minimum absolute atomic E-state index is 0.838. The van der Waals surface area contributed by atoms with Gasteiger partial charge in [-0.3, -0.25) is 0 Å². The molecule has 0 saturated heterocycles. The summed E-state index contributed by atoms with van der Waals surface area (Å²) in [7, 11) is 1.94. The Morgan fingerprint density at radius 1 is 1.00 bits per heavy atom. The molecule has 2 rings (SSSR count). The van der Waals surface area contributed by atoms with Gasteiger partial charge in [0.1, 0.15) is 11.6 Å². The third kappa shape index (κ3) is 3.01. The van der Waals surface area contributed by atoms with Gasteiger partial charge in [-0.2, -0.15) is 0 Å². The highest BCUT2D eigenvalue weighted by atomic mass is 15.2. The zero-order chi connectivity index (χ0) is 11.9. The number of likely N-dealkylation sites (N-methyl/N-ethyl adjacent to an activating group) is 1. The molecule has 2 aromatic rings. The smallest absolute Gasteiger partial charge is 0.134 e. The summed E-state index contributed by atoms with van der Waals surface area (Å²) in [6.07, 6.45) is 3.59. The van der Waals surface area contributed by atoms with Crippen molar-refractivity contribution in [2.24, 2.45) is 0 Å². The predicted octanol–water partition coefficient (Wildman–Crippen LogP) is 1.83. The number of hydrogen-bond donors (Lipinski definition) is 1. The lowest BCUT2D eigenvalue weighted by Gasteiger charge is -2.22. The van der Waals surface area contributed by atoms with Gasteiger partial charge in [-0.25, -0.2) is 9.97 Å². The Morgan fingerprint density at radius 2 is 1.59 bits per heavy atom. The molecule has 4 heteroatoms. The fourth-order valence-corrected chi connectivity index (χ4v) is 1.60. The van der Waals surface area contributed by atoms with Gasteiger partial charge in [0.2, 0.25) is 0 Å². The molecule has 2 heterocycles. The molecule has 2 aromatic heterocycles. The number of hydrogen-bond acceptors (Lipinski definition) is 4. The van der Waals surface area contributed by atoms with Gasteiger partial charge >= 0.3 is 0 Å². The van der Waals surface area contributed by atoms with E-state index in [1.807, 2.05) is 43.4 Å². The number of aromatic nitrogens is 2. The van der Waals surface area contributed by atoms with Gasteiger partial charge in [-0.15, -0.1) is 0 Å². The molecule has 0 aromatic carbocycles. The van der Waals surface area contributed by atoms with Gasteiger partial charge in [0.05, 0.1) is 0 Å². The number of rotatable bonds is 5. The summed E-state index contributed by atoms with van der Waals surface area (Å²) in [5.41, 5.74) is 0. The van der Waals surface area contributed by atoms with Crippen LogP contribution in [0.25, 0.3) is 0 Å². The Morgan fingerprint density at radius 3 is 2.00 bits per heavy atom. The lowest BCUT2D eigenvalue weighted by molar-refractivity contribution is 0.773. The van der Waals surface area contributed by atoms with Crippen molar-refractivity contribution < 1.29 is 0 Å². The standard InChI is InChI=1S/C13H16N4/c1-14-10-11-17(12-6-2-4-8-15-12)13-7-3-5-9-16-13/h2-9,14H,10-11H2,1H3. The van der Waals surface area contributed by atoms with Crippen molar-refractivity contribution in [1.82, 2.24) is 15.3 Å². The van der Waals surface area contributed by atoms with Crippen molar-refractivity contribution >= 4 is 11.6 Å². The summed E-state index contributed by atoms with van der Waals surface area (Å²) in [5, 5.41) is 3.14. The van der Waals surface area contributed by atoms with Crippen LogP contribution in [0, 0.1) is 0 Å². The number of pyridine rings is 2. The molecule has 0 atom stereocenters. The molecular weight excluding hydrogens is 212 g/mol. The van der Waals surface area contributed by atoms with Gasteiger partial charge in [0, 0.05) is 25.5 Å². The van der Waals surface area contributed by atoms with Crippen LogP contribution in [0.4, 0.5) is 11.6 Å². The average molecular weight is 228 g/mol. The molecule has 0 bridgehead atoms. The molecule has 17 heavy (non-hydrogen) atoms. The molecule has 4 nitrogen and oxygen atoms in total. The Hall–Kier alpha value is -1.94. The first-order chi connectivity index (χ1) is 8.42. The van der Waals surface area contributed by atoms with Crippen molar-refractivity contribution in [2.75, 3.05) is 25.0 Å². The number of nitrogens with one attached hydrogen (secondary N) is 1. The van der Waals surface area contributed by atoms with E-state index in [4.69, 9.17) is 0 Å². The van der Waals surface area contributed by atoms with Crippen LogP contribution in [0.1, 0.15) is 0 Å². The number of nitrogens with zero attached hydrogens (tertiary/aromatic N) is 3. The fraction of sp³-hybridized carbons (Fsp3) is 0.231. The maximum Gasteiger partial charge on any atom is 0.134 e. The van der Waals surface area contributed by atoms with Crippen molar-refractivity contribution in [3.8, 4) is 0 Å². The lowest BCUT2D eigenvalue weighted by atomic mass is 10.3. The van der Waals surface area contributed by atoms with Crippen LogP contribution >= 0.6 is 0 Å². The van der Waals surface area contributed by atoms with E-state index in [2.05, 4.69) is 20.2 Å². The van der Waals surface area contributed by atoms with Crippen LogP contribution in [-0.4, -0.2) is 30.1 Å². The summed E-state index contributed by atoms with van der Waals surface area (Å²) >= 11 is 0. The molecule has 0 aliphatic carbocycles. The second-order valence-corrected chi connectivity index (χ2v) is 3.63. The first kappa shape index (κ1) is 11.5. The van der Waals surface area contributed by atoms with E-state index < -0.39 is 0 Å². The van der Waals surface area contributed by atoms with Gasteiger partial charge in [-0.05, 0) is 31.3 Å².